The molecule has 0 aliphatic carbocycles. The number of rotatable bonds is 13. The molecule has 21 nitrogen and oxygen atoms in total. The Balaban J connectivity index is 1.60. The number of cyclic esters (lactones) is 1. The summed E-state index contributed by atoms with van der Waals surface area (Å²) in [5.41, 5.74) is 1.22. The standard InChI is InChI=1S/C51H72N8O13/c1-27(2)24-36-44(63)52-35-21-22-40(62)59(49(35)68)39(26-32-14-11-10-12-15-32)50(69)57(8)38(25-33-17-19-34(71-9)20-18-33)46(65)54-41(28(3)4)51(70)72-30(6)43(48(67)53-36)56-47(66)42(29(5)60)55-45(64)37-16-13-23-58(37)31(7)61/h10-12,14-15,17-20,27-30,35-43,60,62H,13,16,21-26H2,1-9H3,(H,52,63)(H,53,67)(H,54,65)(H,55,64)(H,56,66)/t29-,30-,35+,36+,37+,38?,39?,40-,41?,42+,43+/m1/s1. The molecule has 3 unspecified atom stereocenters. The lowest BCUT2D eigenvalue weighted by Crippen LogP contribution is -2.65. The fourth-order valence-corrected chi connectivity index (χ4v) is 9.34. The summed E-state index contributed by atoms with van der Waals surface area (Å²) >= 11 is 0. The maximum Gasteiger partial charge on any atom is 0.329 e. The number of likely N-dealkylation sites (N-methyl/N-ethyl adjacent to an activating group) is 1. The minimum Gasteiger partial charge on any atom is -0.497 e. The van der Waals surface area contributed by atoms with Gasteiger partial charge < -0.3 is 61.0 Å². The van der Waals surface area contributed by atoms with Crippen molar-refractivity contribution in [1.82, 2.24) is 41.3 Å². The van der Waals surface area contributed by atoms with Gasteiger partial charge in [0.2, 0.25) is 47.3 Å². The Morgan fingerprint density at radius 1 is 0.819 bits per heavy atom. The normalized spacial score (nSPS) is 26.8. The third kappa shape index (κ3) is 14.1. The second kappa shape index (κ2) is 25.2. The van der Waals surface area contributed by atoms with Gasteiger partial charge in [0, 0.05) is 33.4 Å². The number of piperidine rings is 1. The molecule has 3 aliphatic heterocycles. The molecule has 0 spiro atoms. The van der Waals surface area contributed by atoms with Crippen molar-refractivity contribution in [2.24, 2.45) is 11.8 Å². The van der Waals surface area contributed by atoms with Crippen LogP contribution in [-0.4, -0.2) is 166 Å². The maximum atomic E-state index is 15.1. The summed E-state index contributed by atoms with van der Waals surface area (Å²) in [4.78, 5) is 131. The number of aliphatic hydroxyl groups excluding tert-OH is 2. The van der Waals surface area contributed by atoms with Crippen LogP contribution in [0, 0.1) is 11.8 Å². The van der Waals surface area contributed by atoms with Gasteiger partial charge in [-0.25, -0.2) is 4.79 Å². The highest BCUT2D eigenvalue weighted by Gasteiger charge is 2.46. The molecule has 72 heavy (non-hydrogen) atoms. The Kier molecular flexibility index (Phi) is 19.7. The third-order valence-corrected chi connectivity index (χ3v) is 13.4. The second-order valence-electron chi connectivity index (χ2n) is 19.7. The largest absolute Gasteiger partial charge is 0.497 e. The molecule has 3 saturated heterocycles. The van der Waals surface area contributed by atoms with E-state index in [-0.39, 0.29) is 43.9 Å². The number of hydrogen-bond acceptors (Lipinski definition) is 13. The van der Waals surface area contributed by atoms with Gasteiger partial charge in [-0.2, -0.15) is 0 Å². The van der Waals surface area contributed by atoms with Crippen molar-refractivity contribution < 1.29 is 62.8 Å². The van der Waals surface area contributed by atoms with Crippen molar-refractivity contribution in [2.45, 2.75) is 160 Å². The lowest BCUT2D eigenvalue weighted by atomic mass is 9.95. The molecule has 8 amide bonds. The van der Waals surface area contributed by atoms with Crippen LogP contribution in [0.4, 0.5) is 0 Å². The summed E-state index contributed by atoms with van der Waals surface area (Å²) in [5.74, 6) is -7.71. The van der Waals surface area contributed by atoms with Gasteiger partial charge in [0.25, 0.3) is 0 Å². The van der Waals surface area contributed by atoms with Gasteiger partial charge in [0.15, 0.2) is 0 Å². The predicted octanol–water partition coefficient (Wildman–Crippen LogP) is 0.0799. The molecule has 21 heteroatoms. The first-order chi connectivity index (χ1) is 34.0. The molecule has 0 saturated carbocycles. The number of amides is 8. The predicted molar refractivity (Wildman–Crippen MR) is 261 cm³/mol. The minimum absolute atomic E-state index is 0.0109. The average molecular weight is 1010 g/mol. The average Bonchev–Trinajstić information content (AvgIpc) is 3.84. The molecule has 0 aromatic heterocycles. The molecule has 11 atom stereocenters. The van der Waals surface area contributed by atoms with Crippen LogP contribution < -0.4 is 31.3 Å². The fourth-order valence-electron chi connectivity index (χ4n) is 9.34. The van der Waals surface area contributed by atoms with Crippen molar-refractivity contribution in [3.63, 3.8) is 0 Å². The maximum absolute atomic E-state index is 15.1. The van der Waals surface area contributed by atoms with Crippen molar-refractivity contribution in [2.75, 3.05) is 20.7 Å². The van der Waals surface area contributed by atoms with E-state index in [1.807, 2.05) is 0 Å². The number of aliphatic hydroxyl groups is 2. The topological polar surface area (TPSA) is 282 Å². The molecule has 2 aromatic rings. The van der Waals surface area contributed by atoms with E-state index in [9.17, 15) is 48.6 Å². The lowest BCUT2D eigenvalue weighted by Gasteiger charge is -2.43. The number of nitrogens with one attached hydrogen (secondary N) is 5. The number of nitrogens with zero attached hydrogens (tertiary/aromatic N) is 3. The number of ether oxygens (including phenoxy) is 2. The molecule has 2 bridgehead atoms. The Bertz CT molecular complexity index is 2280. The number of benzene rings is 2. The monoisotopic (exact) mass is 1000 g/mol. The summed E-state index contributed by atoms with van der Waals surface area (Å²) in [7, 11) is 2.88. The van der Waals surface area contributed by atoms with Gasteiger partial charge in [-0.1, -0.05) is 70.2 Å². The zero-order valence-corrected chi connectivity index (χ0v) is 42.6. The molecular weight excluding hydrogens is 933 g/mol. The molecule has 3 heterocycles. The summed E-state index contributed by atoms with van der Waals surface area (Å²) in [6, 6.07) is 4.30. The quantitative estimate of drug-likeness (QED) is 0.131. The third-order valence-electron chi connectivity index (χ3n) is 13.4. The number of fused-ring (bicyclic) bond motifs is 2. The highest BCUT2D eigenvalue weighted by Crippen LogP contribution is 2.26. The van der Waals surface area contributed by atoms with Crippen LogP contribution in [0.5, 0.6) is 5.75 Å². The lowest BCUT2D eigenvalue weighted by molar-refractivity contribution is -0.165. The molecular formula is C51H72N8O13. The van der Waals surface area contributed by atoms with E-state index < -0.39 is 120 Å². The van der Waals surface area contributed by atoms with Crippen molar-refractivity contribution in [3.8, 4) is 5.75 Å². The van der Waals surface area contributed by atoms with Gasteiger partial charge in [0.05, 0.1) is 13.2 Å². The molecule has 0 radical (unpaired) electrons. The zero-order valence-electron chi connectivity index (χ0n) is 42.6. The number of carbonyl (C=O) groups is 9. The second-order valence-corrected chi connectivity index (χ2v) is 19.7. The van der Waals surface area contributed by atoms with Crippen LogP contribution in [0.3, 0.4) is 0 Å². The van der Waals surface area contributed by atoms with Gasteiger partial charge in [-0.15, -0.1) is 0 Å². The first kappa shape index (κ1) is 56.3. The fraction of sp³-hybridized carbons (Fsp3) is 0.588. The van der Waals surface area contributed by atoms with E-state index in [1.165, 1.54) is 44.7 Å². The highest BCUT2D eigenvalue weighted by atomic mass is 16.5. The zero-order chi connectivity index (χ0) is 53.1. The smallest absolute Gasteiger partial charge is 0.329 e. The van der Waals surface area contributed by atoms with Crippen molar-refractivity contribution in [1.29, 1.82) is 0 Å². The number of methoxy groups -OCH3 is 1. The van der Waals surface area contributed by atoms with Gasteiger partial charge in [-0.05, 0) is 81.0 Å². The number of carbonyl (C=O) groups excluding carboxylic acids is 9. The first-order valence-corrected chi connectivity index (χ1v) is 24.6. The molecule has 394 valence electrons. The minimum atomic E-state index is -1.81. The highest BCUT2D eigenvalue weighted by molar-refractivity contribution is 5.99. The van der Waals surface area contributed by atoms with Gasteiger partial charge >= 0.3 is 5.97 Å². The van der Waals surface area contributed by atoms with Gasteiger partial charge in [-0.3, -0.25) is 38.4 Å². The van der Waals surface area contributed by atoms with E-state index in [1.54, 1.807) is 82.3 Å². The summed E-state index contributed by atoms with van der Waals surface area (Å²) in [6.07, 6.45) is -4.04. The van der Waals surface area contributed by atoms with Crippen LogP contribution in [0.1, 0.15) is 91.7 Å². The first-order valence-electron chi connectivity index (χ1n) is 24.6. The van der Waals surface area contributed by atoms with Crippen LogP contribution in [0.15, 0.2) is 54.6 Å². The van der Waals surface area contributed by atoms with Gasteiger partial charge in [0.1, 0.15) is 66.4 Å². The van der Waals surface area contributed by atoms with E-state index in [0.29, 0.717) is 36.3 Å². The number of hydrogen-bond donors (Lipinski definition) is 7. The van der Waals surface area contributed by atoms with E-state index in [0.717, 1.165) is 4.90 Å². The van der Waals surface area contributed by atoms with Crippen LogP contribution in [-0.2, 0) is 60.7 Å². The van der Waals surface area contributed by atoms with E-state index in [4.69, 9.17) is 9.47 Å². The van der Waals surface area contributed by atoms with Crippen LogP contribution in [0.2, 0.25) is 0 Å². The van der Waals surface area contributed by atoms with Crippen LogP contribution >= 0.6 is 0 Å². The summed E-state index contributed by atoms with van der Waals surface area (Å²) < 4.78 is 11.2. The van der Waals surface area contributed by atoms with Crippen molar-refractivity contribution >= 4 is 53.2 Å². The Morgan fingerprint density at radius 3 is 2.06 bits per heavy atom. The number of likely N-dealkylation sites (tertiary alicyclic amines) is 1. The Labute approximate surface area is 420 Å². The summed E-state index contributed by atoms with van der Waals surface area (Å²) in [6.45, 7) is 11.0. The molecule has 2 aromatic carbocycles. The molecule has 5 rings (SSSR count). The van der Waals surface area contributed by atoms with E-state index in [2.05, 4.69) is 26.6 Å². The Hall–Kier alpha value is -6.61. The molecule has 3 aliphatic rings. The SMILES string of the molecule is COc1ccc(CC2C(=O)NC(C(C)C)C(=O)O[C@H](C)[C@H](NC(=O)[C@@H](NC(=O)[C@@H]3CCCN3C(C)=O)[C@@H](C)O)C(=O)N[C@@H](CC(C)C)C(=O)N[C@H]3CC[C@@H](O)N(C3=O)C(Cc3ccccc3)C(=O)N2C)cc1. The molecule has 3 fully saturated rings. The number of esters is 1. The van der Waals surface area contributed by atoms with E-state index >= 15 is 4.79 Å². The summed E-state index contributed by atoms with van der Waals surface area (Å²) in [5, 5.41) is 35.6. The Morgan fingerprint density at radius 2 is 1.46 bits per heavy atom. The van der Waals surface area contributed by atoms with Crippen LogP contribution in [0.25, 0.3) is 0 Å². The van der Waals surface area contributed by atoms with Crippen molar-refractivity contribution in [3.05, 3.63) is 65.7 Å². The molecule has 7 N–H and O–H groups in total.